The van der Waals surface area contributed by atoms with E-state index in [1.54, 1.807) is 17.0 Å². The summed E-state index contributed by atoms with van der Waals surface area (Å²) in [6.07, 6.45) is -0.467. The Morgan fingerprint density at radius 2 is 2.16 bits per heavy atom. The van der Waals surface area contributed by atoms with Gasteiger partial charge in [0.05, 0.1) is 18.7 Å². The quantitative estimate of drug-likeness (QED) is 0.888. The number of benzene rings is 1. The van der Waals surface area contributed by atoms with E-state index in [1.165, 1.54) is 18.2 Å². The standard InChI is InChI=1S/C17H18FN3O4/c1-17(2)9-25-14(10-4-3-5-11(18)6-10)8-21(17)15(22)12-7-13(16(23)24)20-19-12/h3-7,14H,8-9H2,1-2H3,(H,19,20)(H,23,24). The number of hydrogen-bond acceptors (Lipinski definition) is 4. The van der Waals surface area contributed by atoms with E-state index in [-0.39, 0.29) is 30.4 Å². The molecule has 25 heavy (non-hydrogen) atoms. The van der Waals surface area contributed by atoms with Crippen molar-refractivity contribution in [1.29, 1.82) is 0 Å². The Morgan fingerprint density at radius 3 is 2.80 bits per heavy atom. The summed E-state index contributed by atoms with van der Waals surface area (Å²) >= 11 is 0. The van der Waals surface area contributed by atoms with Crippen molar-refractivity contribution in [2.24, 2.45) is 0 Å². The Balaban J connectivity index is 1.86. The lowest BCUT2D eigenvalue weighted by Crippen LogP contribution is -2.56. The molecule has 0 radical (unpaired) electrons. The Morgan fingerprint density at radius 1 is 1.40 bits per heavy atom. The average Bonchev–Trinajstić information content (AvgIpc) is 3.04. The summed E-state index contributed by atoms with van der Waals surface area (Å²) in [6, 6.07) is 7.26. The molecular weight excluding hydrogens is 329 g/mol. The number of ether oxygens (including phenoxy) is 1. The van der Waals surface area contributed by atoms with Crippen LogP contribution in [0.4, 0.5) is 4.39 Å². The molecule has 1 unspecified atom stereocenters. The Hall–Kier alpha value is -2.74. The van der Waals surface area contributed by atoms with Gasteiger partial charge in [0.15, 0.2) is 5.69 Å². The highest BCUT2D eigenvalue weighted by Gasteiger charge is 2.39. The highest BCUT2D eigenvalue weighted by atomic mass is 19.1. The van der Waals surface area contributed by atoms with Gasteiger partial charge in [0, 0.05) is 6.07 Å². The number of amides is 1. The van der Waals surface area contributed by atoms with Gasteiger partial charge < -0.3 is 14.7 Å². The fourth-order valence-electron chi connectivity index (χ4n) is 2.79. The zero-order chi connectivity index (χ0) is 18.2. The van der Waals surface area contributed by atoms with Gasteiger partial charge in [-0.3, -0.25) is 9.89 Å². The lowest BCUT2D eigenvalue weighted by molar-refractivity contribution is -0.0849. The lowest BCUT2D eigenvalue weighted by Gasteiger charge is -2.45. The van der Waals surface area contributed by atoms with Gasteiger partial charge in [-0.25, -0.2) is 9.18 Å². The van der Waals surface area contributed by atoms with Crippen LogP contribution < -0.4 is 0 Å². The summed E-state index contributed by atoms with van der Waals surface area (Å²) in [5.74, 6) is -1.97. The highest BCUT2D eigenvalue weighted by molar-refractivity contribution is 5.95. The first-order valence-electron chi connectivity index (χ1n) is 7.76. The van der Waals surface area contributed by atoms with Crippen molar-refractivity contribution in [1.82, 2.24) is 15.1 Å². The highest BCUT2D eigenvalue weighted by Crippen LogP contribution is 2.31. The van der Waals surface area contributed by atoms with E-state index < -0.39 is 23.5 Å². The minimum atomic E-state index is -1.19. The monoisotopic (exact) mass is 347 g/mol. The summed E-state index contributed by atoms with van der Waals surface area (Å²) < 4.78 is 19.3. The molecule has 2 N–H and O–H groups in total. The summed E-state index contributed by atoms with van der Waals surface area (Å²) in [4.78, 5) is 25.4. The molecule has 8 heteroatoms. The van der Waals surface area contributed by atoms with Crippen molar-refractivity contribution in [3.63, 3.8) is 0 Å². The van der Waals surface area contributed by atoms with Crippen LogP contribution in [0.3, 0.4) is 0 Å². The van der Waals surface area contributed by atoms with Crippen molar-refractivity contribution in [2.45, 2.75) is 25.5 Å². The number of nitrogens with one attached hydrogen (secondary N) is 1. The number of morpholine rings is 1. The molecule has 1 aliphatic rings. The third-order valence-corrected chi connectivity index (χ3v) is 4.21. The molecule has 2 aromatic rings. The number of aromatic amines is 1. The molecule has 3 rings (SSSR count). The number of aromatic nitrogens is 2. The molecule has 132 valence electrons. The zero-order valence-corrected chi connectivity index (χ0v) is 13.8. The Labute approximate surface area is 143 Å². The van der Waals surface area contributed by atoms with Crippen LogP contribution in [0.1, 0.15) is 46.5 Å². The van der Waals surface area contributed by atoms with Gasteiger partial charge in [0.1, 0.15) is 17.6 Å². The van der Waals surface area contributed by atoms with E-state index in [0.717, 1.165) is 0 Å². The molecule has 0 spiro atoms. The average molecular weight is 347 g/mol. The fourth-order valence-corrected chi connectivity index (χ4v) is 2.79. The Kier molecular flexibility index (Phi) is 4.30. The van der Waals surface area contributed by atoms with Crippen LogP contribution in [0, 0.1) is 5.82 Å². The minimum absolute atomic E-state index is 0.0189. The second kappa shape index (κ2) is 6.29. The minimum Gasteiger partial charge on any atom is -0.477 e. The molecule has 7 nitrogen and oxygen atoms in total. The number of hydrogen-bond donors (Lipinski definition) is 2. The molecule has 0 bridgehead atoms. The first-order valence-corrected chi connectivity index (χ1v) is 7.76. The summed E-state index contributed by atoms with van der Waals surface area (Å²) in [6.45, 7) is 4.16. The largest absolute Gasteiger partial charge is 0.477 e. The van der Waals surface area contributed by atoms with Crippen molar-refractivity contribution < 1.29 is 23.8 Å². The predicted octanol–water partition coefficient (Wildman–Crippen LogP) is 2.24. The van der Waals surface area contributed by atoms with Crippen LogP contribution >= 0.6 is 0 Å². The number of carbonyl (C=O) groups is 2. The number of H-pyrrole nitrogens is 1. The number of halogens is 1. The maximum atomic E-state index is 13.5. The maximum Gasteiger partial charge on any atom is 0.353 e. The van der Waals surface area contributed by atoms with Crippen LogP contribution in [-0.4, -0.2) is 50.8 Å². The number of rotatable bonds is 3. The first-order chi connectivity index (χ1) is 11.8. The van der Waals surface area contributed by atoms with E-state index in [4.69, 9.17) is 9.84 Å². The van der Waals surface area contributed by atoms with Crippen LogP contribution in [0.5, 0.6) is 0 Å². The van der Waals surface area contributed by atoms with Crippen LogP contribution in [-0.2, 0) is 4.74 Å². The summed E-state index contributed by atoms with van der Waals surface area (Å²) in [7, 11) is 0. The van der Waals surface area contributed by atoms with Gasteiger partial charge in [-0.05, 0) is 31.5 Å². The third kappa shape index (κ3) is 3.39. The van der Waals surface area contributed by atoms with Crippen LogP contribution in [0.15, 0.2) is 30.3 Å². The molecule has 1 saturated heterocycles. The van der Waals surface area contributed by atoms with Crippen molar-refractivity contribution in [3.8, 4) is 0 Å². The van der Waals surface area contributed by atoms with Crippen molar-refractivity contribution in [2.75, 3.05) is 13.2 Å². The molecule has 1 fully saturated rings. The molecule has 0 saturated carbocycles. The maximum absolute atomic E-state index is 13.5. The molecule has 1 aromatic heterocycles. The molecule has 1 aliphatic heterocycles. The topological polar surface area (TPSA) is 95.5 Å². The summed E-state index contributed by atoms with van der Waals surface area (Å²) in [5.41, 5.74) is -0.105. The molecule has 2 heterocycles. The second-order valence-corrected chi connectivity index (χ2v) is 6.55. The molecular formula is C17H18FN3O4. The normalized spacial score (nSPS) is 19.6. The fraction of sp³-hybridized carbons (Fsp3) is 0.353. The van der Waals surface area contributed by atoms with Crippen molar-refractivity contribution >= 4 is 11.9 Å². The lowest BCUT2D eigenvalue weighted by atomic mass is 9.97. The third-order valence-electron chi connectivity index (χ3n) is 4.21. The molecule has 1 aromatic carbocycles. The van der Waals surface area contributed by atoms with Gasteiger partial charge >= 0.3 is 5.97 Å². The van der Waals surface area contributed by atoms with Gasteiger partial charge in [0.2, 0.25) is 0 Å². The zero-order valence-electron chi connectivity index (χ0n) is 13.8. The molecule has 1 atom stereocenters. The Bertz CT molecular complexity index is 818. The second-order valence-electron chi connectivity index (χ2n) is 6.55. The van der Waals surface area contributed by atoms with E-state index in [0.29, 0.717) is 5.56 Å². The first kappa shape index (κ1) is 17.1. The number of nitrogens with zero attached hydrogens (tertiary/aromatic N) is 2. The van der Waals surface area contributed by atoms with Gasteiger partial charge in [-0.2, -0.15) is 5.10 Å². The molecule has 0 aliphatic carbocycles. The van der Waals surface area contributed by atoms with Gasteiger partial charge in [-0.15, -0.1) is 0 Å². The number of carboxylic acid groups (broad SMARTS) is 1. The van der Waals surface area contributed by atoms with Gasteiger partial charge in [0.25, 0.3) is 5.91 Å². The SMILES string of the molecule is CC1(C)COC(c2cccc(F)c2)CN1C(=O)c1cc(C(=O)O)[nH]n1. The van der Waals surface area contributed by atoms with Crippen LogP contribution in [0.25, 0.3) is 0 Å². The van der Waals surface area contributed by atoms with Crippen LogP contribution in [0.2, 0.25) is 0 Å². The van der Waals surface area contributed by atoms with E-state index in [2.05, 4.69) is 10.2 Å². The predicted molar refractivity (Wildman–Crippen MR) is 85.8 cm³/mol. The molecule has 1 amide bonds. The summed E-state index contributed by atoms with van der Waals surface area (Å²) in [5, 5.41) is 15.1. The van der Waals surface area contributed by atoms with E-state index >= 15 is 0 Å². The van der Waals surface area contributed by atoms with Gasteiger partial charge in [-0.1, -0.05) is 12.1 Å². The number of carboxylic acids is 1. The van der Waals surface area contributed by atoms with E-state index in [1.807, 2.05) is 13.8 Å². The number of carbonyl (C=O) groups excluding carboxylic acids is 1. The van der Waals surface area contributed by atoms with E-state index in [9.17, 15) is 14.0 Å². The smallest absolute Gasteiger partial charge is 0.353 e. The number of aromatic carboxylic acids is 1. The van der Waals surface area contributed by atoms with Crippen molar-refractivity contribution in [3.05, 3.63) is 53.1 Å².